The maximum absolute atomic E-state index is 11.6. The van der Waals surface area contributed by atoms with Crippen LogP contribution >= 0.6 is 0 Å². The zero-order valence-corrected chi connectivity index (χ0v) is 11.9. The lowest BCUT2D eigenvalue weighted by Gasteiger charge is -2.08. The van der Waals surface area contributed by atoms with Crippen LogP contribution in [0.2, 0.25) is 0 Å². The number of methoxy groups -OCH3 is 1. The van der Waals surface area contributed by atoms with E-state index in [0.717, 1.165) is 17.5 Å². The van der Waals surface area contributed by atoms with E-state index in [4.69, 9.17) is 10.5 Å². The summed E-state index contributed by atoms with van der Waals surface area (Å²) in [7, 11) is -1.95. The third-order valence-corrected chi connectivity index (χ3v) is 3.63. The predicted octanol–water partition coefficient (Wildman–Crippen LogP) is -0.242. The molecule has 19 heavy (non-hydrogen) atoms. The van der Waals surface area contributed by atoms with Gasteiger partial charge in [0.05, 0.1) is 6.61 Å². The number of hydrogen-bond acceptors (Lipinski definition) is 4. The van der Waals surface area contributed by atoms with Crippen LogP contribution in [0.15, 0.2) is 24.3 Å². The molecule has 4 N–H and O–H groups in total. The second kappa shape index (κ2) is 8.23. The fraction of sp³-hybridized carbons (Fsp3) is 0.500. The van der Waals surface area contributed by atoms with Gasteiger partial charge in [-0.15, -0.1) is 0 Å². The molecular formula is C12H21N3O3S. The largest absolute Gasteiger partial charge is 0.383 e. The number of nitrogens with one attached hydrogen (secondary N) is 2. The lowest BCUT2D eigenvalue weighted by atomic mass is 10.1. The van der Waals surface area contributed by atoms with E-state index in [-0.39, 0.29) is 13.1 Å². The van der Waals surface area contributed by atoms with Crippen molar-refractivity contribution in [2.75, 3.05) is 26.8 Å². The summed E-state index contributed by atoms with van der Waals surface area (Å²) in [6, 6.07) is 7.69. The highest BCUT2D eigenvalue weighted by molar-refractivity contribution is 7.87. The van der Waals surface area contributed by atoms with Crippen molar-refractivity contribution in [3.8, 4) is 0 Å². The highest BCUT2D eigenvalue weighted by atomic mass is 32.2. The minimum Gasteiger partial charge on any atom is -0.383 e. The molecule has 0 atom stereocenters. The van der Waals surface area contributed by atoms with Gasteiger partial charge in [0.1, 0.15) is 0 Å². The summed E-state index contributed by atoms with van der Waals surface area (Å²) in [5.74, 6) is 0. The number of rotatable bonds is 9. The summed E-state index contributed by atoms with van der Waals surface area (Å²) in [6.07, 6.45) is 0.824. The molecule has 1 aromatic carbocycles. The molecule has 0 heterocycles. The minimum absolute atomic E-state index is 0.251. The monoisotopic (exact) mass is 287 g/mol. The first-order valence-corrected chi connectivity index (χ1v) is 7.57. The molecule has 0 saturated carbocycles. The Kier molecular flexibility index (Phi) is 6.96. The van der Waals surface area contributed by atoms with Gasteiger partial charge in [-0.2, -0.15) is 17.9 Å². The molecule has 0 saturated heterocycles. The standard InChI is InChI=1S/C12H21N3O3S/c1-18-9-8-14-19(16,17)15-10-12-4-2-11(3-5-12)6-7-13/h2-5,14-15H,6-10,13H2,1H3. The molecule has 6 nitrogen and oxygen atoms in total. The smallest absolute Gasteiger partial charge is 0.277 e. The van der Waals surface area contributed by atoms with Crippen LogP contribution in [0.4, 0.5) is 0 Å². The zero-order valence-electron chi connectivity index (χ0n) is 11.1. The van der Waals surface area contributed by atoms with Gasteiger partial charge in [0.25, 0.3) is 10.2 Å². The Labute approximate surface area is 114 Å². The van der Waals surface area contributed by atoms with Gasteiger partial charge in [-0.25, -0.2) is 0 Å². The van der Waals surface area contributed by atoms with Crippen molar-refractivity contribution >= 4 is 10.2 Å². The average molecular weight is 287 g/mol. The van der Waals surface area contributed by atoms with Crippen LogP contribution in [0.1, 0.15) is 11.1 Å². The van der Waals surface area contributed by atoms with Gasteiger partial charge >= 0.3 is 0 Å². The van der Waals surface area contributed by atoms with Crippen LogP contribution in [0.25, 0.3) is 0 Å². The topological polar surface area (TPSA) is 93.4 Å². The Balaban J connectivity index is 2.42. The maximum Gasteiger partial charge on any atom is 0.277 e. The van der Waals surface area contributed by atoms with Crippen LogP contribution in [0.3, 0.4) is 0 Å². The van der Waals surface area contributed by atoms with Crippen molar-refractivity contribution in [3.05, 3.63) is 35.4 Å². The summed E-state index contributed by atoms with van der Waals surface area (Å²) in [6.45, 7) is 1.45. The lowest BCUT2D eigenvalue weighted by molar-refractivity contribution is 0.204. The van der Waals surface area contributed by atoms with Crippen LogP contribution in [-0.4, -0.2) is 35.2 Å². The molecule has 0 spiro atoms. The quantitative estimate of drug-likeness (QED) is 0.546. The van der Waals surface area contributed by atoms with Crippen LogP contribution in [-0.2, 0) is 27.9 Å². The Hall–Kier alpha value is -0.990. The van der Waals surface area contributed by atoms with E-state index < -0.39 is 10.2 Å². The van der Waals surface area contributed by atoms with E-state index in [0.29, 0.717) is 13.2 Å². The molecule has 0 amide bonds. The maximum atomic E-state index is 11.6. The SMILES string of the molecule is COCCNS(=O)(=O)NCc1ccc(CCN)cc1. The molecule has 0 aromatic heterocycles. The highest BCUT2D eigenvalue weighted by Gasteiger charge is 2.07. The third-order valence-electron chi connectivity index (χ3n) is 2.52. The first-order valence-electron chi connectivity index (χ1n) is 6.08. The molecule has 0 unspecified atom stereocenters. The van der Waals surface area contributed by atoms with Gasteiger partial charge in [0.2, 0.25) is 0 Å². The van der Waals surface area contributed by atoms with Crippen molar-refractivity contribution in [2.24, 2.45) is 5.73 Å². The van der Waals surface area contributed by atoms with E-state index >= 15 is 0 Å². The Morgan fingerprint density at radius 1 is 1.16 bits per heavy atom. The second-order valence-electron chi connectivity index (χ2n) is 4.07. The van der Waals surface area contributed by atoms with Crippen molar-refractivity contribution < 1.29 is 13.2 Å². The molecule has 108 valence electrons. The van der Waals surface area contributed by atoms with Crippen LogP contribution in [0.5, 0.6) is 0 Å². The van der Waals surface area contributed by atoms with E-state index in [2.05, 4.69) is 9.44 Å². The highest BCUT2D eigenvalue weighted by Crippen LogP contribution is 2.04. The van der Waals surface area contributed by atoms with E-state index in [1.807, 2.05) is 24.3 Å². The summed E-state index contributed by atoms with van der Waals surface area (Å²) in [5.41, 5.74) is 7.51. The summed E-state index contributed by atoms with van der Waals surface area (Å²) >= 11 is 0. The Morgan fingerprint density at radius 2 is 1.79 bits per heavy atom. The normalized spacial score (nSPS) is 11.7. The molecule has 7 heteroatoms. The van der Waals surface area contributed by atoms with Gasteiger partial charge in [0.15, 0.2) is 0 Å². The minimum atomic E-state index is -3.47. The van der Waals surface area contributed by atoms with Crippen molar-refractivity contribution in [1.29, 1.82) is 0 Å². The number of nitrogens with two attached hydrogens (primary N) is 1. The number of benzene rings is 1. The molecule has 0 aliphatic rings. The Bertz CT molecular complexity index is 460. The van der Waals surface area contributed by atoms with E-state index in [9.17, 15) is 8.42 Å². The molecule has 0 radical (unpaired) electrons. The summed E-state index contributed by atoms with van der Waals surface area (Å²) < 4.78 is 32.7. The number of hydrogen-bond donors (Lipinski definition) is 3. The molecule has 1 aromatic rings. The third kappa shape index (κ3) is 6.65. The fourth-order valence-corrected chi connectivity index (χ4v) is 2.31. The fourth-order valence-electron chi connectivity index (χ4n) is 1.50. The van der Waals surface area contributed by atoms with E-state index in [1.54, 1.807) is 0 Å². The van der Waals surface area contributed by atoms with Crippen molar-refractivity contribution in [1.82, 2.24) is 9.44 Å². The molecule has 0 aliphatic carbocycles. The van der Waals surface area contributed by atoms with Gasteiger partial charge in [-0.3, -0.25) is 0 Å². The van der Waals surface area contributed by atoms with Gasteiger partial charge in [-0.1, -0.05) is 24.3 Å². The Morgan fingerprint density at radius 3 is 2.37 bits per heavy atom. The van der Waals surface area contributed by atoms with Crippen molar-refractivity contribution in [3.63, 3.8) is 0 Å². The first kappa shape index (κ1) is 16.1. The lowest BCUT2D eigenvalue weighted by Crippen LogP contribution is -2.37. The zero-order chi connectivity index (χ0) is 14.1. The molecule has 0 fully saturated rings. The molecular weight excluding hydrogens is 266 g/mol. The number of ether oxygens (including phenoxy) is 1. The summed E-state index contributed by atoms with van der Waals surface area (Å²) in [5, 5.41) is 0. The van der Waals surface area contributed by atoms with Gasteiger partial charge in [0, 0.05) is 20.2 Å². The van der Waals surface area contributed by atoms with Gasteiger partial charge < -0.3 is 10.5 Å². The molecule has 0 bridgehead atoms. The molecule has 0 aliphatic heterocycles. The average Bonchev–Trinajstić information content (AvgIpc) is 2.39. The van der Waals surface area contributed by atoms with Crippen LogP contribution < -0.4 is 15.2 Å². The predicted molar refractivity (Wildman–Crippen MR) is 74.8 cm³/mol. The summed E-state index contributed by atoms with van der Waals surface area (Å²) in [4.78, 5) is 0. The second-order valence-corrected chi connectivity index (χ2v) is 5.65. The molecule has 1 rings (SSSR count). The van der Waals surface area contributed by atoms with E-state index in [1.165, 1.54) is 7.11 Å². The van der Waals surface area contributed by atoms with Gasteiger partial charge in [-0.05, 0) is 24.1 Å². The van der Waals surface area contributed by atoms with Crippen LogP contribution in [0, 0.1) is 0 Å². The van der Waals surface area contributed by atoms with Crippen molar-refractivity contribution in [2.45, 2.75) is 13.0 Å². The first-order chi connectivity index (χ1) is 9.07.